The molecule has 0 saturated carbocycles. The molecule has 0 bridgehead atoms. The molecule has 0 aliphatic carbocycles. The van der Waals surface area contributed by atoms with Crippen molar-refractivity contribution in [1.82, 2.24) is 24.9 Å². The SMILES string of the molecule is CCCNC(=O)c1nn(CC)cc1NC(=O)Cn1nc(C)c([N+](=O)[O-])c1C. The van der Waals surface area contributed by atoms with Gasteiger partial charge in [0.25, 0.3) is 5.91 Å². The summed E-state index contributed by atoms with van der Waals surface area (Å²) in [5.74, 6) is -0.836. The molecular weight excluding hydrogens is 354 g/mol. The van der Waals surface area contributed by atoms with E-state index in [4.69, 9.17) is 0 Å². The van der Waals surface area contributed by atoms with Gasteiger partial charge in [0, 0.05) is 19.3 Å². The van der Waals surface area contributed by atoms with E-state index in [1.165, 1.54) is 18.5 Å². The minimum atomic E-state index is -0.520. The molecule has 11 heteroatoms. The number of rotatable bonds is 8. The lowest BCUT2D eigenvalue weighted by molar-refractivity contribution is -0.386. The third-order valence-corrected chi connectivity index (χ3v) is 3.93. The number of amides is 2. The van der Waals surface area contributed by atoms with Crippen molar-refractivity contribution in [3.05, 3.63) is 33.4 Å². The number of carbonyl (C=O) groups excluding carboxylic acids is 2. The van der Waals surface area contributed by atoms with Gasteiger partial charge in [0.05, 0.1) is 10.6 Å². The first-order chi connectivity index (χ1) is 12.8. The topological polar surface area (TPSA) is 137 Å². The number of hydrogen-bond donors (Lipinski definition) is 2. The summed E-state index contributed by atoms with van der Waals surface area (Å²) in [4.78, 5) is 35.2. The van der Waals surface area contributed by atoms with E-state index in [-0.39, 0.29) is 40.9 Å². The van der Waals surface area contributed by atoms with E-state index >= 15 is 0 Å². The molecule has 2 N–H and O–H groups in total. The van der Waals surface area contributed by atoms with Crippen molar-refractivity contribution in [2.24, 2.45) is 0 Å². The van der Waals surface area contributed by atoms with Crippen molar-refractivity contribution in [2.75, 3.05) is 11.9 Å². The highest BCUT2D eigenvalue weighted by molar-refractivity contribution is 6.02. The first-order valence-electron chi connectivity index (χ1n) is 8.62. The Morgan fingerprint density at radius 2 is 1.96 bits per heavy atom. The van der Waals surface area contributed by atoms with Crippen molar-refractivity contribution < 1.29 is 14.5 Å². The molecule has 2 amide bonds. The van der Waals surface area contributed by atoms with Gasteiger partial charge >= 0.3 is 5.69 Å². The molecule has 0 saturated heterocycles. The zero-order valence-electron chi connectivity index (χ0n) is 15.8. The molecule has 146 valence electrons. The summed E-state index contributed by atoms with van der Waals surface area (Å²) < 4.78 is 2.81. The first kappa shape index (κ1) is 20.1. The molecule has 0 unspecified atom stereocenters. The number of aryl methyl sites for hydroxylation is 2. The summed E-state index contributed by atoms with van der Waals surface area (Å²) in [6.45, 7) is 7.66. The zero-order chi connectivity index (χ0) is 20.1. The van der Waals surface area contributed by atoms with Gasteiger partial charge in [-0.15, -0.1) is 0 Å². The summed E-state index contributed by atoms with van der Waals surface area (Å²) in [7, 11) is 0. The Labute approximate surface area is 155 Å². The highest BCUT2D eigenvalue weighted by atomic mass is 16.6. The molecule has 2 rings (SSSR count). The van der Waals surface area contributed by atoms with Crippen molar-refractivity contribution in [3.8, 4) is 0 Å². The normalized spacial score (nSPS) is 10.7. The minimum absolute atomic E-state index is 0.110. The molecule has 2 aromatic rings. The van der Waals surface area contributed by atoms with E-state index in [1.54, 1.807) is 10.9 Å². The molecule has 0 atom stereocenters. The Morgan fingerprint density at radius 1 is 1.26 bits per heavy atom. The Morgan fingerprint density at radius 3 is 2.52 bits per heavy atom. The van der Waals surface area contributed by atoms with Crippen LogP contribution in [0, 0.1) is 24.0 Å². The highest BCUT2D eigenvalue weighted by Crippen LogP contribution is 2.22. The maximum atomic E-state index is 12.4. The van der Waals surface area contributed by atoms with Crippen LogP contribution in [0.3, 0.4) is 0 Å². The van der Waals surface area contributed by atoms with Gasteiger partial charge in [-0.3, -0.25) is 29.1 Å². The van der Waals surface area contributed by atoms with E-state index in [2.05, 4.69) is 20.8 Å². The summed E-state index contributed by atoms with van der Waals surface area (Å²) >= 11 is 0. The standard InChI is InChI=1S/C16H23N7O4/c1-5-7-17-16(25)14-12(8-21(6-2)20-14)18-13(24)9-22-11(4)15(23(26)27)10(3)19-22/h8H,5-7,9H2,1-4H3,(H,17,25)(H,18,24). The van der Waals surface area contributed by atoms with E-state index < -0.39 is 10.8 Å². The fraction of sp³-hybridized carbons (Fsp3) is 0.500. The second-order valence-electron chi connectivity index (χ2n) is 5.99. The Hall–Kier alpha value is -3.24. The Bertz CT molecular complexity index is 868. The van der Waals surface area contributed by atoms with E-state index in [0.29, 0.717) is 13.1 Å². The number of nitrogens with zero attached hydrogens (tertiary/aromatic N) is 5. The first-order valence-corrected chi connectivity index (χ1v) is 8.62. The van der Waals surface area contributed by atoms with Gasteiger partial charge in [0.2, 0.25) is 5.91 Å². The van der Waals surface area contributed by atoms with Crippen LogP contribution in [0.2, 0.25) is 0 Å². The van der Waals surface area contributed by atoms with Gasteiger partial charge in [0.1, 0.15) is 17.9 Å². The third-order valence-electron chi connectivity index (χ3n) is 3.93. The fourth-order valence-electron chi connectivity index (χ4n) is 2.60. The van der Waals surface area contributed by atoms with Crippen molar-refractivity contribution in [3.63, 3.8) is 0 Å². The van der Waals surface area contributed by atoms with E-state index in [1.807, 2.05) is 13.8 Å². The summed E-state index contributed by atoms with van der Waals surface area (Å²) in [5, 5.41) is 24.7. The summed E-state index contributed by atoms with van der Waals surface area (Å²) in [5.41, 5.74) is 0.826. The van der Waals surface area contributed by atoms with Gasteiger partial charge in [-0.25, -0.2) is 0 Å². The number of anilines is 1. The van der Waals surface area contributed by atoms with Crippen LogP contribution < -0.4 is 10.6 Å². The molecule has 0 fully saturated rings. The molecule has 0 aliphatic heterocycles. The monoisotopic (exact) mass is 377 g/mol. The minimum Gasteiger partial charge on any atom is -0.351 e. The molecule has 27 heavy (non-hydrogen) atoms. The quantitative estimate of drug-likeness (QED) is 0.527. The average molecular weight is 377 g/mol. The second-order valence-corrected chi connectivity index (χ2v) is 5.99. The van der Waals surface area contributed by atoms with Gasteiger partial charge in [-0.2, -0.15) is 10.2 Å². The maximum absolute atomic E-state index is 12.4. The van der Waals surface area contributed by atoms with Crippen LogP contribution in [-0.2, 0) is 17.9 Å². The number of hydrogen-bond acceptors (Lipinski definition) is 6. The molecule has 2 aromatic heterocycles. The molecule has 2 heterocycles. The van der Waals surface area contributed by atoms with Crippen molar-refractivity contribution in [1.29, 1.82) is 0 Å². The van der Waals surface area contributed by atoms with Gasteiger partial charge in [0.15, 0.2) is 5.69 Å². The lowest BCUT2D eigenvalue weighted by atomic mass is 10.3. The van der Waals surface area contributed by atoms with Crippen LogP contribution in [-0.4, -0.2) is 42.8 Å². The number of nitro groups is 1. The van der Waals surface area contributed by atoms with Gasteiger partial charge in [-0.05, 0) is 27.2 Å². The second kappa shape index (κ2) is 8.43. The fourth-order valence-corrected chi connectivity index (χ4v) is 2.60. The van der Waals surface area contributed by atoms with Crippen LogP contribution in [0.25, 0.3) is 0 Å². The molecule has 0 radical (unpaired) electrons. The van der Waals surface area contributed by atoms with E-state index in [0.717, 1.165) is 6.42 Å². The smallest absolute Gasteiger partial charge is 0.312 e. The average Bonchev–Trinajstić information content (AvgIpc) is 3.13. The number of nitrogens with one attached hydrogen (secondary N) is 2. The van der Waals surface area contributed by atoms with Crippen LogP contribution in [0.5, 0.6) is 0 Å². The van der Waals surface area contributed by atoms with Crippen LogP contribution in [0.4, 0.5) is 11.4 Å². The van der Waals surface area contributed by atoms with E-state index in [9.17, 15) is 19.7 Å². The van der Waals surface area contributed by atoms with Gasteiger partial charge < -0.3 is 10.6 Å². The molecule has 0 aromatic carbocycles. The van der Waals surface area contributed by atoms with Crippen LogP contribution in [0.1, 0.15) is 42.1 Å². The Balaban J connectivity index is 2.18. The third kappa shape index (κ3) is 4.49. The summed E-state index contributed by atoms with van der Waals surface area (Å²) in [6, 6.07) is 0. The van der Waals surface area contributed by atoms with Gasteiger partial charge in [-0.1, -0.05) is 6.92 Å². The predicted molar refractivity (Wildman–Crippen MR) is 97.5 cm³/mol. The lowest BCUT2D eigenvalue weighted by Gasteiger charge is -2.07. The van der Waals surface area contributed by atoms with Crippen molar-refractivity contribution in [2.45, 2.75) is 47.2 Å². The predicted octanol–water partition coefficient (Wildman–Crippen LogP) is 1.40. The number of aromatic nitrogens is 4. The van der Waals surface area contributed by atoms with Crippen LogP contribution in [0.15, 0.2) is 6.20 Å². The number of carbonyl (C=O) groups is 2. The lowest BCUT2D eigenvalue weighted by Crippen LogP contribution is -2.27. The molecule has 0 aliphatic rings. The Kier molecular flexibility index (Phi) is 6.27. The highest BCUT2D eigenvalue weighted by Gasteiger charge is 2.24. The molecule has 0 spiro atoms. The molecular formula is C16H23N7O4. The molecule has 11 nitrogen and oxygen atoms in total. The maximum Gasteiger partial charge on any atom is 0.312 e. The summed E-state index contributed by atoms with van der Waals surface area (Å²) in [6.07, 6.45) is 2.35. The zero-order valence-corrected chi connectivity index (χ0v) is 15.8. The van der Waals surface area contributed by atoms with Crippen molar-refractivity contribution >= 4 is 23.2 Å². The largest absolute Gasteiger partial charge is 0.351 e. The van der Waals surface area contributed by atoms with Crippen LogP contribution >= 0.6 is 0 Å².